The van der Waals surface area contributed by atoms with Gasteiger partial charge in [0.1, 0.15) is 10.8 Å². The van der Waals surface area contributed by atoms with Crippen LogP contribution in [-0.2, 0) is 4.79 Å². The fourth-order valence-electron chi connectivity index (χ4n) is 3.13. The predicted octanol–water partition coefficient (Wildman–Crippen LogP) is 2.43. The number of carbonyl (C=O) groups excluding carboxylic acids is 1. The van der Waals surface area contributed by atoms with Crippen LogP contribution in [0.5, 0.6) is 5.75 Å². The van der Waals surface area contributed by atoms with Gasteiger partial charge in [-0.3, -0.25) is 4.79 Å². The van der Waals surface area contributed by atoms with Crippen molar-refractivity contribution in [1.82, 2.24) is 15.5 Å². The normalized spacial score (nSPS) is 14.3. The first kappa shape index (κ1) is 20.3. The van der Waals surface area contributed by atoms with E-state index in [1.807, 2.05) is 44.2 Å². The largest absolute Gasteiger partial charge is 0.495 e. The lowest BCUT2D eigenvalue weighted by Gasteiger charge is -2.37. The van der Waals surface area contributed by atoms with E-state index in [0.717, 1.165) is 48.5 Å². The summed E-state index contributed by atoms with van der Waals surface area (Å²) in [5.41, 5.74) is 1.13. The van der Waals surface area contributed by atoms with Gasteiger partial charge in [0.05, 0.1) is 18.6 Å². The number of methoxy groups -OCH3 is 1. The molecule has 1 N–H and O–H groups in total. The monoisotopic (exact) mass is 401 g/mol. The predicted molar refractivity (Wildman–Crippen MR) is 113 cm³/mol. The lowest BCUT2D eigenvalue weighted by Crippen LogP contribution is -2.47. The standard InChI is InChI=1S/C20H27N5O2S/c1-15(2)21-19(26)14-28-20-9-8-18(22-23-20)25-12-10-24(11-13-25)16-6-4-5-7-17(16)27-3/h4-9,15H,10-14H2,1-3H3,(H,21,26). The van der Waals surface area contributed by atoms with E-state index < -0.39 is 0 Å². The van der Waals surface area contributed by atoms with Crippen molar-refractivity contribution in [2.45, 2.75) is 24.9 Å². The van der Waals surface area contributed by atoms with Crippen LogP contribution in [0.15, 0.2) is 41.4 Å². The maximum atomic E-state index is 11.7. The van der Waals surface area contributed by atoms with Gasteiger partial charge in [-0.1, -0.05) is 23.9 Å². The van der Waals surface area contributed by atoms with Gasteiger partial charge in [-0.05, 0) is 38.1 Å². The molecule has 1 aromatic carbocycles. The fraction of sp³-hybridized carbons (Fsp3) is 0.450. The van der Waals surface area contributed by atoms with E-state index >= 15 is 0 Å². The van der Waals surface area contributed by atoms with E-state index in [0.29, 0.717) is 5.75 Å². The number of nitrogens with one attached hydrogen (secondary N) is 1. The van der Waals surface area contributed by atoms with Gasteiger partial charge >= 0.3 is 0 Å². The Morgan fingerprint density at radius 3 is 2.46 bits per heavy atom. The highest BCUT2D eigenvalue weighted by Crippen LogP contribution is 2.29. The van der Waals surface area contributed by atoms with Crippen molar-refractivity contribution in [2.75, 3.05) is 48.8 Å². The number of nitrogens with zero attached hydrogens (tertiary/aromatic N) is 4. The van der Waals surface area contributed by atoms with Gasteiger partial charge in [0.2, 0.25) is 5.91 Å². The molecule has 2 aromatic rings. The summed E-state index contributed by atoms with van der Waals surface area (Å²) in [5.74, 6) is 2.14. The van der Waals surface area contributed by atoms with Crippen LogP contribution in [0, 0.1) is 0 Å². The SMILES string of the molecule is COc1ccccc1N1CCN(c2ccc(SCC(=O)NC(C)C)nn2)CC1. The van der Waals surface area contributed by atoms with E-state index in [9.17, 15) is 4.79 Å². The summed E-state index contributed by atoms with van der Waals surface area (Å²) in [5, 5.41) is 12.3. The molecule has 7 nitrogen and oxygen atoms in total. The Balaban J connectivity index is 1.52. The number of para-hydroxylation sites is 2. The molecule has 0 spiro atoms. The molecule has 1 aromatic heterocycles. The number of ether oxygens (including phenoxy) is 1. The lowest BCUT2D eigenvalue weighted by molar-refractivity contribution is -0.119. The molecule has 1 fully saturated rings. The highest BCUT2D eigenvalue weighted by atomic mass is 32.2. The summed E-state index contributed by atoms with van der Waals surface area (Å²) in [6, 6.07) is 12.2. The van der Waals surface area contributed by atoms with Crippen LogP contribution in [-0.4, -0.2) is 61.2 Å². The van der Waals surface area contributed by atoms with Gasteiger partial charge in [0.15, 0.2) is 5.82 Å². The molecule has 1 amide bonds. The molecule has 150 valence electrons. The first-order chi connectivity index (χ1) is 13.6. The van der Waals surface area contributed by atoms with E-state index in [2.05, 4.69) is 31.4 Å². The minimum atomic E-state index is 0.0124. The number of carbonyl (C=O) groups is 1. The third-order valence-electron chi connectivity index (χ3n) is 4.46. The molecule has 1 aliphatic heterocycles. The zero-order valence-corrected chi connectivity index (χ0v) is 17.4. The molecule has 3 rings (SSSR count). The Morgan fingerprint density at radius 1 is 1.11 bits per heavy atom. The molecule has 2 heterocycles. The number of anilines is 2. The smallest absolute Gasteiger partial charge is 0.230 e. The van der Waals surface area contributed by atoms with Crippen LogP contribution in [0.25, 0.3) is 0 Å². The summed E-state index contributed by atoms with van der Waals surface area (Å²) < 4.78 is 5.48. The third-order valence-corrected chi connectivity index (χ3v) is 5.38. The zero-order chi connectivity index (χ0) is 19.9. The van der Waals surface area contributed by atoms with E-state index in [-0.39, 0.29) is 11.9 Å². The highest BCUT2D eigenvalue weighted by Gasteiger charge is 2.20. The molecule has 0 aliphatic carbocycles. The van der Waals surface area contributed by atoms with E-state index in [1.165, 1.54) is 11.8 Å². The average molecular weight is 402 g/mol. The molecular weight excluding hydrogens is 374 g/mol. The van der Waals surface area contributed by atoms with Crippen LogP contribution in [0.3, 0.4) is 0 Å². The molecule has 0 radical (unpaired) electrons. The highest BCUT2D eigenvalue weighted by molar-refractivity contribution is 7.99. The molecule has 1 aliphatic rings. The van der Waals surface area contributed by atoms with Crippen molar-refractivity contribution in [3.63, 3.8) is 0 Å². The molecular formula is C20H27N5O2S. The molecule has 0 atom stereocenters. The van der Waals surface area contributed by atoms with Crippen molar-refractivity contribution >= 4 is 29.2 Å². The summed E-state index contributed by atoms with van der Waals surface area (Å²) in [6.45, 7) is 7.43. The van der Waals surface area contributed by atoms with E-state index in [4.69, 9.17) is 4.74 Å². The van der Waals surface area contributed by atoms with Gasteiger partial charge in [0.25, 0.3) is 0 Å². The maximum absolute atomic E-state index is 11.7. The van der Waals surface area contributed by atoms with Gasteiger partial charge in [-0.2, -0.15) is 0 Å². The fourth-order valence-corrected chi connectivity index (χ4v) is 3.75. The van der Waals surface area contributed by atoms with Gasteiger partial charge < -0.3 is 19.9 Å². The van der Waals surface area contributed by atoms with Crippen LogP contribution in [0.1, 0.15) is 13.8 Å². The molecule has 8 heteroatoms. The zero-order valence-electron chi connectivity index (χ0n) is 16.6. The first-order valence-electron chi connectivity index (χ1n) is 9.45. The summed E-state index contributed by atoms with van der Waals surface area (Å²) >= 11 is 1.40. The Kier molecular flexibility index (Phi) is 6.97. The third kappa shape index (κ3) is 5.28. The quantitative estimate of drug-likeness (QED) is 0.715. The molecule has 0 saturated carbocycles. The average Bonchev–Trinajstić information content (AvgIpc) is 2.72. The van der Waals surface area contributed by atoms with Gasteiger partial charge in [0, 0.05) is 32.2 Å². The van der Waals surface area contributed by atoms with Gasteiger partial charge in [-0.15, -0.1) is 10.2 Å². The second-order valence-corrected chi connectivity index (χ2v) is 7.88. The topological polar surface area (TPSA) is 70.6 Å². The number of amides is 1. The molecule has 0 bridgehead atoms. The minimum absolute atomic E-state index is 0.0124. The molecule has 28 heavy (non-hydrogen) atoms. The maximum Gasteiger partial charge on any atom is 0.230 e. The molecule has 1 saturated heterocycles. The van der Waals surface area contributed by atoms with Crippen LogP contribution >= 0.6 is 11.8 Å². The number of hydrogen-bond acceptors (Lipinski definition) is 7. The van der Waals surface area contributed by atoms with Crippen LogP contribution in [0.4, 0.5) is 11.5 Å². The van der Waals surface area contributed by atoms with Gasteiger partial charge in [-0.25, -0.2) is 0 Å². The summed E-state index contributed by atoms with van der Waals surface area (Å²) in [4.78, 5) is 16.3. The van der Waals surface area contributed by atoms with Crippen LogP contribution < -0.4 is 19.9 Å². The van der Waals surface area contributed by atoms with Crippen molar-refractivity contribution in [2.24, 2.45) is 0 Å². The second kappa shape index (κ2) is 9.64. The lowest BCUT2D eigenvalue weighted by atomic mass is 10.2. The Bertz CT molecular complexity index is 776. The Labute approximate surface area is 170 Å². The number of rotatable bonds is 7. The first-order valence-corrected chi connectivity index (χ1v) is 10.4. The number of hydrogen-bond donors (Lipinski definition) is 1. The van der Waals surface area contributed by atoms with E-state index in [1.54, 1.807) is 7.11 Å². The number of piperazine rings is 1. The Hall–Kier alpha value is -2.48. The minimum Gasteiger partial charge on any atom is -0.495 e. The second-order valence-electron chi connectivity index (χ2n) is 6.89. The summed E-state index contributed by atoms with van der Waals surface area (Å²) in [7, 11) is 1.71. The number of benzene rings is 1. The van der Waals surface area contributed by atoms with Crippen molar-refractivity contribution in [3.8, 4) is 5.75 Å². The number of aromatic nitrogens is 2. The summed E-state index contributed by atoms with van der Waals surface area (Å²) in [6.07, 6.45) is 0. The Morgan fingerprint density at radius 2 is 1.82 bits per heavy atom. The van der Waals surface area contributed by atoms with Crippen molar-refractivity contribution < 1.29 is 9.53 Å². The number of thioether (sulfide) groups is 1. The molecule has 0 unspecified atom stereocenters. The van der Waals surface area contributed by atoms with Crippen molar-refractivity contribution in [3.05, 3.63) is 36.4 Å². The van der Waals surface area contributed by atoms with Crippen molar-refractivity contribution in [1.29, 1.82) is 0 Å². The van der Waals surface area contributed by atoms with Crippen LogP contribution in [0.2, 0.25) is 0 Å².